The second kappa shape index (κ2) is 8.26. The highest BCUT2D eigenvalue weighted by Gasteiger charge is 2.50. The van der Waals surface area contributed by atoms with Crippen molar-refractivity contribution in [2.75, 3.05) is 13.1 Å². The molecule has 1 N–H and O–H groups in total. The molecule has 2 fully saturated rings. The van der Waals surface area contributed by atoms with Crippen LogP contribution in [-0.4, -0.2) is 43.3 Å². The van der Waals surface area contributed by atoms with Crippen molar-refractivity contribution in [2.45, 2.75) is 70.8 Å². The largest absolute Gasteiger partial charge is 0.445 e. The molecule has 162 valence electrons. The molecule has 2 atom stereocenters. The topological polar surface area (TPSA) is 75.7 Å². The molecule has 1 saturated carbocycles. The Balaban J connectivity index is 1.60. The minimum Gasteiger partial charge on any atom is -0.445 e. The molecule has 0 unspecified atom stereocenters. The third-order valence-electron chi connectivity index (χ3n) is 6.46. The van der Waals surface area contributed by atoms with Crippen molar-refractivity contribution < 1.29 is 17.9 Å². The zero-order valence-electron chi connectivity index (χ0n) is 18.0. The van der Waals surface area contributed by atoms with Gasteiger partial charge in [0, 0.05) is 19.1 Å². The first-order valence-electron chi connectivity index (χ1n) is 10.5. The van der Waals surface area contributed by atoms with Crippen LogP contribution in [0.15, 0.2) is 30.3 Å². The van der Waals surface area contributed by atoms with Crippen LogP contribution in [-0.2, 0) is 21.4 Å². The summed E-state index contributed by atoms with van der Waals surface area (Å²) in [4.78, 5) is 14.2. The maximum Gasteiger partial charge on any atom is 0.410 e. The molecule has 2 aliphatic rings. The Kier molecular flexibility index (Phi) is 6.30. The summed E-state index contributed by atoms with van der Waals surface area (Å²) in [6, 6.07) is 9.59. The van der Waals surface area contributed by atoms with Gasteiger partial charge in [-0.05, 0) is 63.4 Å². The zero-order chi connectivity index (χ0) is 21.3. The van der Waals surface area contributed by atoms with Gasteiger partial charge in [0.05, 0.1) is 4.75 Å². The highest BCUT2D eigenvalue weighted by atomic mass is 32.2. The van der Waals surface area contributed by atoms with Gasteiger partial charge < -0.3 is 9.64 Å². The number of benzene rings is 1. The van der Waals surface area contributed by atoms with E-state index in [2.05, 4.69) is 11.6 Å². The second-order valence-electron chi connectivity index (χ2n) is 9.72. The summed E-state index contributed by atoms with van der Waals surface area (Å²) in [5.74, 6) is 0.472. The summed E-state index contributed by atoms with van der Waals surface area (Å²) in [5, 5.41) is 0. The number of sulfonamides is 1. The molecule has 1 heterocycles. The first-order valence-corrected chi connectivity index (χ1v) is 12.0. The smallest absolute Gasteiger partial charge is 0.410 e. The van der Waals surface area contributed by atoms with Crippen molar-refractivity contribution >= 4 is 16.1 Å². The van der Waals surface area contributed by atoms with Crippen LogP contribution in [0.4, 0.5) is 4.79 Å². The predicted molar refractivity (Wildman–Crippen MR) is 114 cm³/mol. The van der Waals surface area contributed by atoms with Crippen molar-refractivity contribution in [3.8, 4) is 0 Å². The lowest BCUT2D eigenvalue weighted by Crippen LogP contribution is -2.53. The van der Waals surface area contributed by atoms with Gasteiger partial charge in [-0.2, -0.15) is 0 Å². The van der Waals surface area contributed by atoms with Gasteiger partial charge in [0.2, 0.25) is 10.0 Å². The summed E-state index contributed by atoms with van der Waals surface area (Å²) in [7, 11) is -3.40. The van der Waals surface area contributed by atoms with Crippen LogP contribution < -0.4 is 4.72 Å². The van der Waals surface area contributed by atoms with Crippen molar-refractivity contribution in [1.29, 1.82) is 0 Å². The molecule has 1 amide bonds. The lowest BCUT2D eigenvalue weighted by atomic mass is 9.74. The van der Waals surface area contributed by atoms with E-state index in [9.17, 15) is 13.2 Å². The van der Waals surface area contributed by atoms with E-state index in [0.29, 0.717) is 19.0 Å². The highest BCUT2D eigenvalue weighted by Crippen LogP contribution is 2.49. The fourth-order valence-corrected chi connectivity index (χ4v) is 5.68. The molecule has 1 aliphatic carbocycles. The monoisotopic (exact) mass is 422 g/mol. The van der Waals surface area contributed by atoms with Gasteiger partial charge in [0.15, 0.2) is 0 Å². The maximum absolute atomic E-state index is 12.7. The summed E-state index contributed by atoms with van der Waals surface area (Å²) in [6.45, 7) is 8.85. The van der Waals surface area contributed by atoms with E-state index in [1.165, 1.54) is 0 Å². The van der Waals surface area contributed by atoms with E-state index >= 15 is 0 Å². The van der Waals surface area contributed by atoms with Crippen molar-refractivity contribution in [3.05, 3.63) is 35.9 Å². The van der Waals surface area contributed by atoms with E-state index in [1.54, 1.807) is 25.7 Å². The number of nitrogens with zero attached hydrogens (tertiary/aromatic N) is 1. The Bertz CT molecular complexity index is 809. The van der Waals surface area contributed by atoms with Crippen LogP contribution in [0, 0.1) is 11.3 Å². The van der Waals surface area contributed by atoms with Gasteiger partial charge in [0.25, 0.3) is 0 Å². The van der Waals surface area contributed by atoms with E-state index in [0.717, 1.165) is 31.2 Å². The number of ether oxygens (including phenoxy) is 1. The molecule has 0 aromatic heterocycles. The standard InChI is InChI=1S/C22H34N2O4S/c1-17-14-19(23-29(26,27)21(2,3)4)22(15-17)10-12-24(13-11-22)20(25)28-16-18-8-6-5-7-9-18/h5-9,17,19,23H,10-16H2,1-4H3/t17-,19+/m0/s1. The van der Waals surface area contributed by atoms with Crippen LogP contribution in [0.5, 0.6) is 0 Å². The molecule has 1 saturated heterocycles. The van der Waals surface area contributed by atoms with Gasteiger partial charge >= 0.3 is 6.09 Å². The Morgan fingerprint density at radius 3 is 2.41 bits per heavy atom. The van der Waals surface area contributed by atoms with E-state index in [1.807, 2.05) is 30.3 Å². The van der Waals surface area contributed by atoms with Gasteiger partial charge in [-0.15, -0.1) is 0 Å². The number of carbonyl (C=O) groups excluding carboxylic acids is 1. The molecular weight excluding hydrogens is 388 g/mol. The number of carbonyl (C=O) groups is 1. The number of nitrogens with one attached hydrogen (secondary N) is 1. The number of rotatable bonds is 4. The van der Waals surface area contributed by atoms with Crippen molar-refractivity contribution in [1.82, 2.24) is 9.62 Å². The molecule has 0 radical (unpaired) electrons. The lowest BCUT2D eigenvalue weighted by molar-refractivity contribution is 0.0551. The molecule has 0 bridgehead atoms. The molecular formula is C22H34N2O4S. The van der Waals surface area contributed by atoms with Gasteiger partial charge in [-0.25, -0.2) is 17.9 Å². The van der Waals surface area contributed by atoms with Crippen LogP contribution >= 0.6 is 0 Å². The van der Waals surface area contributed by atoms with E-state index < -0.39 is 14.8 Å². The summed E-state index contributed by atoms with van der Waals surface area (Å²) in [5.41, 5.74) is 0.893. The van der Waals surface area contributed by atoms with Crippen molar-refractivity contribution in [2.24, 2.45) is 11.3 Å². The lowest BCUT2D eigenvalue weighted by Gasteiger charge is -2.43. The molecule has 7 heteroatoms. The number of piperidine rings is 1. The number of hydrogen-bond donors (Lipinski definition) is 1. The van der Waals surface area contributed by atoms with Crippen LogP contribution in [0.25, 0.3) is 0 Å². The minimum absolute atomic E-state index is 0.0655. The quantitative estimate of drug-likeness (QED) is 0.798. The molecule has 1 aromatic rings. The van der Waals surface area contributed by atoms with Crippen LogP contribution in [0.1, 0.15) is 58.9 Å². The molecule has 3 rings (SSSR count). The first-order chi connectivity index (χ1) is 13.5. The van der Waals surface area contributed by atoms with E-state index in [-0.39, 0.29) is 24.2 Å². The number of amides is 1. The van der Waals surface area contributed by atoms with Gasteiger partial charge in [-0.3, -0.25) is 0 Å². The summed E-state index contributed by atoms with van der Waals surface area (Å²) < 4.78 is 33.1. The Morgan fingerprint density at radius 1 is 1.21 bits per heavy atom. The SMILES string of the molecule is C[C@H]1C[C@@H](NS(=O)(=O)C(C)(C)C)C2(CCN(C(=O)OCc3ccccc3)CC2)C1. The zero-order valence-corrected chi connectivity index (χ0v) is 18.8. The Hall–Kier alpha value is -1.60. The normalized spacial score (nSPS) is 24.6. The number of likely N-dealkylation sites (tertiary alicyclic amines) is 1. The maximum atomic E-state index is 12.7. The average Bonchev–Trinajstić information content (AvgIpc) is 2.94. The molecule has 1 aliphatic heterocycles. The van der Waals surface area contributed by atoms with Gasteiger partial charge in [0.1, 0.15) is 6.61 Å². The van der Waals surface area contributed by atoms with E-state index in [4.69, 9.17) is 4.74 Å². The number of hydrogen-bond acceptors (Lipinski definition) is 4. The molecule has 1 spiro atoms. The van der Waals surface area contributed by atoms with Crippen molar-refractivity contribution in [3.63, 3.8) is 0 Å². The average molecular weight is 423 g/mol. The summed E-state index contributed by atoms with van der Waals surface area (Å²) >= 11 is 0. The first kappa shape index (κ1) is 22.1. The highest BCUT2D eigenvalue weighted by molar-refractivity contribution is 7.90. The Labute approximate surface area is 175 Å². The third-order valence-corrected chi connectivity index (χ3v) is 8.67. The van der Waals surface area contributed by atoms with Gasteiger partial charge in [-0.1, -0.05) is 37.3 Å². The molecule has 6 nitrogen and oxygen atoms in total. The fourth-order valence-electron chi connectivity index (χ4n) is 4.61. The second-order valence-corrected chi connectivity index (χ2v) is 12.2. The Morgan fingerprint density at radius 2 is 1.83 bits per heavy atom. The minimum atomic E-state index is -3.40. The summed E-state index contributed by atoms with van der Waals surface area (Å²) in [6.07, 6.45) is 3.16. The van der Waals surface area contributed by atoms with Crippen LogP contribution in [0.3, 0.4) is 0 Å². The van der Waals surface area contributed by atoms with Crippen LogP contribution in [0.2, 0.25) is 0 Å². The third kappa shape index (κ3) is 4.94. The fraction of sp³-hybridized carbons (Fsp3) is 0.682. The molecule has 29 heavy (non-hydrogen) atoms. The predicted octanol–water partition coefficient (Wildman–Crippen LogP) is 3.92. The molecule has 1 aromatic carbocycles.